The van der Waals surface area contributed by atoms with Crippen LogP contribution in [0.5, 0.6) is 0 Å². The first-order valence-corrected chi connectivity index (χ1v) is 7.37. The highest BCUT2D eigenvalue weighted by molar-refractivity contribution is 5.82. The second-order valence-electron chi connectivity index (χ2n) is 6.60. The maximum Gasteiger partial charge on any atom is 0.223 e. The Bertz CT molecular complexity index is 321. The van der Waals surface area contributed by atoms with Crippen LogP contribution in [0.4, 0.5) is 0 Å². The van der Waals surface area contributed by atoms with Crippen LogP contribution in [-0.4, -0.2) is 24.0 Å². The standard InChI is InChI=1S/C14H22N2O/c17-14(13-11-2-1-3-12(11)13)16-10-6-8-4-5-9(7-10)15-8/h8-13,15H,1-7H2,(H,16,17). The number of rotatable bonds is 2. The number of hydrogen-bond acceptors (Lipinski definition) is 2. The molecule has 4 rings (SSSR count). The summed E-state index contributed by atoms with van der Waals surface area (Å²) in [7, 11) is 0. The van der Waals surface area contributed by atoms with Gasteiger partial charge < -0.3 is 10.6 Å². The highest BCUT2D eigenvalue weighted by atomic mass is 16.2. The highest BCUT2D eigenvalue weighted by Crippen LogP contribution is 2.57. The number of amides is 1. The quantitative estimate of drug-likeness (QED) is 0.759. The van der Waals surface area contributed by atoms with Crippen LogP contribution in [0.1, 0.15) is 44.9 Å². The molecule has 2 aliphatic carbocycles. The van der Waals surface area contributed by atoms with Crippen LogP contribution in [0, 0.1) is 17.8 Å². The van der Waals surface area contributed by atoms with Gasteiger partial charge in [0.05, 0.1) is 0 Å². The lowest BCUT2D eigenvalue weighted by Crippen LogP contribution is -2.48. The molecule has 0 aromatic carbocycles. The maximum atomic E-state index is 12.2. The fraction of sp³-hybridized carbons (Fsp3) is 0.929. The zero-order valence-electron chi connectivity index (χ0n) is 10.3. The van der Waals surface area contributed by atoms with E-state index in [0.29, 0.717) is 30.0 Å². The van der Waals surface area contributed by atoms with Crippen molar-refractivity contribution < 1.29 is 4.79 Å². The van der Waals surface area contributed by atoms with E-state index in [4.69, 9.17) is 0 Å². The monoisotopic (exact) mass is 234 g/mol. The van der Waals surface area contributed by atoms with Crippen LogP contribution < -0.4 is 10.6 Å². The molecular formula is C14H22N2O. The molecule has 2 saturated heterocycles. The van der Waals surface area contributed by atoms with Gasteiger partial charge in [0.15, 0.2) is 0 Å². The third-order valence-electron chi connectivity index (χ3n) is 5.53. The van der Waals surface area contributed by atoms with Crippen LogP contribution in [0.25, 0.3) is 0 Å². The summed E-state index contributed by atoms with van der Waals surface area (Å²) in [6.45, 7) is 0. The minimum atomic E-state index is 0.381. The van der Waals surface area contributed by atoms with Crippen molar-refractivity contribution in [2.24, 2.45) is 17.8 Å². The molecule has 17 heavy (non-hydrogen) atoms. The number of carbonyl (C=O) groups is 1. The van der Waals surface area contributed by atoms with Crippen LogP contribution in [0.15, 0.2) is 0 Å². The van der Waals surface area contributed by atoms with Gasteiger partial charge in [0, 0.05) is 24.0 Å². The van der Waals surface area contributed by atoms with Gasteiger partial charge >= 0.3 is 0 Å². The second kappa shape index (κ2) is 3.71. The predicted molar refractivity (Wildman–Crippen MR) is 65.4 cm³/mol. The summed E-state index contributed by atoms with van der Waals surface area (Å²) in [5, 5.41) is 6.96. The van der Waals surface area contributed by atoms with Crippen LogP contribution in [0.2, 0.25) is 0 Å². The zero-order valence-corrected chi connectivity index (χ0v) is 10.3. The first-order chi connectivity index (χ1) is 8.31. The van der Waals surface area contributed by atoms with Crippen molar-refractivity contribution in [3.05, 3.63) is 0 Å². The molecule has 0 aromatic rings. The van der Waals surface area contributed by atoms with Crippen LogP contribution in [-0.2, 0) is 4.79 Å². The molecule has 2 saturated carbocycles. The van der Waals surface area contributed by atoms with Gasteiger partial charge in [-0.25, -0.2) is 0 Å². The molecule has 2 heterocycles. The van der Waals surface area contributed by atoms with E-state index in [1.165, 1.54) is 32.1 Å². The molecule has 4 atom stereocenters. The molecule has 4 fully saturated rings. The molecule has 4 aliphatic rings. The molecule has 1 amide bonds. The average molecular weight is 234 g/mol. The Kier molecular flexibility index (Phi) is 2.26. The summed E-state index contributed by atoms with van der Waals surface area (Å²) in [5.41, 5.74) is 0. The molecule has 94 valence electrons. The number of fused-ring (bicyclic) bond motifs is 3. The van der Waals surface area contributed by atoms with E-state index in [0.717, 1.165) is 24.7 Å². The van der Waals surface area contributed by atoms with Crippen LogP contribution >= 0.6 is 0 Å². The fourth-order valence-corrected chi connectivity index (χ4v) is 4.68. The van der Waals surface area contributed by atoms with Crippen molar-refractivity contribution in [1.29, 1.82) is 0 Å². The van der Waals surface area contributed by atoms with E-state index < -0.39 is 0 Å². The van der Waals surface area contributed by atoms with E-state index >= 15 is 0 Å². The summed E-state index contributed by atoms with van der Waals surface area (Å²) in [4.78, 5) is 12.2. The number of nitrogens with one attached hydrogen (secondary N) is 2. The topological polar surface area (TPSA) is 41.1 Å². The van der Waals surface area contributed by atoms with Gasteiger partial charge in [-0.15, -0.1) is 0 Å². The van der Waals surface area contributed by atoms with E-state index in [1.807, 2.05) is 0 Å². The summed E-state index contributed by atoms with van der Waals surface area (Å²) in [5.74, 6) is 2.30. The average Bonchev–Trinajstić information content (AvgIpc) is 2.66. The lowest BCUT2D eigenvalue weighted by Gasteiger charge is -2.29. The second-order valence-corrected chi connectivity index (χ2v) is 6.60. The Morgan fingerprint density at radius 2 is 1.65 bits per heavy atom. The van der Waals surface area contributed by atoms with E-state index in [9.17, 15) is 4.79 Å². The Hall–Kier alpha value is -0.570. The van der Waals surface area contributed by atoms with Gasteiger partial charge in [0.1, 0.15) is 0 Å². The van der Waals surface area contributed by atoms with Crippen molar-refractivity contribution >= 4 is 5.91 Å². The Morgan fingerprint density at radius 3 is 2.29 bits per heavy atom. The van der Waals surface area contributed by atoms with E-state index in [1.54, 1.807) is 0 Å². The van der Waals surface area contributed by atoms with E-state index in [2.05, 4.69) is 10.6 Å². The molecule has 0 radical (unpaired) electrons. The van der Waals surface area contributed by atoms with Gasteiger partial charge in [-0.2, -0.15) is 0 Å². The molecule has 3 heteroatoms. The van der Waals surface area contributed by atoms with Gasteiger partial charge in [0.2, 0.25) is 5.91 Å². The zero-order chi connectivity index (χ0) is 11.4. The van der Waals surface area contributed by atoms with Crippen molar-refractivity contribution in [3.63, 3.8) is 0 Å². The lowest BCUT2D eigenvalue weighted by molar-refractivity contribution is -0.124. The summed E-state index contributed by atoms with van der Waals surface area (Å²) >= 11 is 0. The Labute approximate surface area is 103 Å². The number of carbonyl (C=O) groups excluding carboxylic acids is 1. The smallest absolute Gasteiger partial charge is 0.223 e. The summed E-state index contributed by atoms with van der Waals surface area (Å²) in [6, 6.07) is 1.82. The molecule has 0 aromatic heterocycles. The van der Waals surface area contributed by atoms with Crippen molar-refractivity contribution in [3.8, 4) is 0 Å². The van der Waals surface area contributed by atoms with Gasteiger partial charge in [-0.05, 0) is 50.4 Å². The first-order valence-electron chi connectivity index (χ1n) is 7.37. The van der Waals surface area contributed by atoms with Crippen molar-refractivity contribution in [2.75, 3.05) is 0 Å². The SMILES string of the molecule is O=C(NC1CC2CCC(C1)N2)C1C2CCCC21. The highest BCUT2D eigenvalue weighted by Gasteiger charge is 2.56. The minimum absolute atomic E-state index is 0.381. The van der Waals surface area contributed by atoms with Crippen molar-refractivity contribution in [1.82, 2.24) is 10.6 Å². The molecular weight excluding hydrogens is 212 g/mol. The normalized spacial score (nSPS) is 51.1. The lowest BCUT2D eigenvalue weighted by atomic mass is 9.99. The summed E-state index contributed by atoms with van der Waals surface area (Å²) in [6.07, 6.45) is 8.91. The molecule has 2 bridgehead atoms. The molecule has 0 spiro atoms. The third kappa shape index (κ3) is 1.70. The largest absolute Gasteiger partial charge is 0.353 e. The molecule has 4 unspecified atom stereocenters. The molecule has 3 nitrogen and oxygen atoms in total. The number of hydrogen-bond donors (Lipinski definition) is 2. The Morgan fingerprint density at radius 1 is 1.00 bits per heavy atom. The third-order valence-corrected chi connectivity index (χ3v) is 5.53. The molecule has 2 aliphatic heterocycles. The van der Waals surface area contributed by atoms with Crippen molar-refractivity contribution in [2.45, 2.75) is 63.1 Å². The van der Waals surface area contributed by atoms with Gasteiger partial charge in [0.25, 0.3) is 0 Å². The predicted octanol–water partition coefficient (Wildman–Crippen LogP) is 1.43. The van der Waals surface area contributed by atoms with Gasteiger partial charge in [-0.3, -0.25) is 4.79 Å². The summed E-state index contributed by atoms with van der Waals surface area (Å²) < 4.78 is 0. The Balaban J connectivity index is 1.34. The number of piperidine rings is 1. The van der Waals surface area contributed by atoms with Gasteiger partial charge in [-0.1, -0.05) is 6.42 Å². The van der Waals surface area contributed by atoms with Crippen LogP contribution in [0.3, 0.4) is 0 Å². The molecule has 2 N–H and O–H groups in total. The van der Waals surface area contributed by atoms with E-state index in [-0.39, 0.29) is 0 Å². The minimum Gasteiger partial charge on any atom is -0.353 e. The fourth-order valence-electron chi connectivity index (χ4n) is 4.68. The maximum absolute atomic E-state index is 12.2. The first kappa shape index (κ1) is 10.4.